The predicted octanol–water partition coefficient (Wildman–Crippen LogP) is -0.0974. The maximum absolute atomic E-state index is 12.3. The fourth-order valence-electron chi connectivity index (χ4n) is 2.20. The van der Waals surface area contributed by atoms with E-state index in [2.05, 4.69) is 5.32 Å². The Morgan fingerprint density at radius 3 is 2.35 bits per heavy atom. The highest BCUT2D eigenvalue weighted by atomic mass is 16.2. The lowest BCUT2D eigenvalue weighted by atomic mass is 9.93. The van der Waals surface area contributed by atoms with Gasteiger partial charge in [0.05, 0.1) is 0 Å². The number of hydrogen-bond acceptors (Lipinski definition) is 4. The standard InChI is InChI=1S/C13H24N4O3/c1-5-13(6-2)11(19)17(12(20)15-13)8-10(18)16(4)9(3)7-14/h9H,5-8,14H2,1-4H3,(H,15,20). The monoisotopic (exact) mass is 284 g/mol. The van der Waals surface area contributed by atoms with Gasteiger partial charge in [-0.15, -0.1) is 0 Å². The van der Waals surface area contributed by atoms with Crippen molar-refractivity contribution in [1.82, 2.24) is 15.1 Å². The summed E-state index contributed by atoms with van der Waals surface area (Å²) >= 11 is 0. The molecule has 1 fully saturated rings. The summed E-state index contributed by atoms with van der Waals surface area (Å²) in [5.41, 5.74) is 4.64. The molecule has 0 aromatic heterocycles. The predicted molar refractivity (Wildman–Crippen MR) is 74.8 cm³/mol. The van der Waals surface area contributed by atoms with Gasteiger partial charge in [-0.25, -0.2) is 4.79 Å². The summed E-state index contributed by atoms with van der Waals surface area (Å²) in [6.07, 6.45) is 1.02. The molecule has 20 heavy (non-hydrogen) atoms. The number of rotatable bonds is 6. The fourth-order valence-corrected chi connectivity index (χ4v) is 2.20. The lowest BCUT2D eigenvalue weighted by Gasteiger charge is -2.26. The van der Waals surface area contributed by atoms with Crippen LogP contribution in [0.3, 0.4) is 0 Å². The average molecular weight is 284 g/mol. The van der Waals surface area contributed by atoms with E-state index in [1.54, 1.807) is 7.05 Å². The second-order valence-electron chi connectivity index (χ2n) is 5.20. The highest BCUT2D eigenvalue weighted by Crippen LogP contribution is 2.24. The first-order valence-corrected chi connectivity index (χ1v) is 6.92. The zero-order valence-electron chi connectivity index (χ0n) is 12.6. The minimum Gasteiger partial charge on any atom is -0.340 e. The third kappa shape index (κ3) is 2.77. The van der Waals surface area contributed by atoms with E-state index in [-0.39, 0.29) is 24.4 Å². The number of nitrogens with zero attached hydrogens (tertiary/aromatic N) is 2. The summed E-state index contributed by atoms with van der Waals surface area (Å²) in [6, 6.07) is -0.633. The molecule has 0 aromatic rings. The van der Waals surface area contributed by atoms with Gasteiger partial charge in [-0.3, -0.25) is 14.5 Å². The first-order valence-electron chi connectivity index (χ1n) is 6.92. The molecule has 0 radical (unpaired) electrons. The number of hydrogen-bond donors (Lipinski definition) is 2. The largest absolute Gasteiger partial charge is 0.340 e. The van der Waals surface area contributed by atoms with Crippen molar-refractivity contribution >= 4 is 17.8 Å². The second kappa shape index (κ2) is 6.21. The topological polar surface area (TPSA) is 95.7 Å². The van der Waals surface area contributed by atoms with Crippen molar-refractivity contribution in [2.24, 2.45) is 5.73 Å². The van der Waals surface area contributed by atoms with Crippen molar-refractivity contribution in [2.45, 2.75) is 45.2 Å². The van der Waals surface area contributed by atoms with Crippen molar-refractivity contribution in [3.63, 3.8) is 0 Å². The quantitative estimate of drug-likeness (QED) is 0.666. The van der Waals surface area contributed by atoms with Gasteiger partial charge in [0.25, 0.3) is 5.91 Å². The van der Waals surface area contributed by atoms with Crippen LogP contribution in [0.5, 0.6) is 0 Å². The average Bonchev–Trinajstić information content (AvgIpc) is 2.70. The van der Waals surface area contributed by atoms with Crippen molar-refractivity contribution < 1.29 is 14.4 Å². The lowest BCUT2D eigenvalue weighted by Crippen LogP contribution is -2.48. The van der Waals surface area contributed by atoms with Crippen molar-refractivity contribution in [3.8, 4) is 0 Å². The maximum atomic E-state index is 12.3. The minimum absolute atomic E-state index is 0.134. The molecule has 1 unspecified atom stereocenters. The van der Waals surface area contributed by atoms with E-state index in [1.165, 1.54) is 4.90 Å². The molecule has 114 valence electrons. The second-order valence-corrected chi connectivity index (χ2v) is 5.20. The van der Waals surface area contributed by atoms with Crippen LogP contribution in [0.1, 0.15) is 33.6 Å². The highest BCUT2D eigenvalue weighted by Gasteiger charge is 2.49. The molecule has 1 aliphatic rings. The normalized spacial score (nSPS) is 18.9. The van der Waals surface area contributed by atoms with Gasteiger partial charge < -0.3 is 16.0 Å². The zero-order chi connectivity index (χ0) is 15.5. The van der Waals surface area contributed by atoms with Gasteiger partial charge in [0.1, 0.15) is 12.1 Å². The van der Waals surface area contributed by atoms with Crippen molar-refractivity contribution in [2.75, 3.05) is 20.1 Å². The van der Waals surface area contributed by atoms with Gasteiger partial charge in [-0.05, 0) is 19.8 Å². The van der Waals surface area contributed by atoms with Crippen LogP contribution in [-0.2, 0) is 9.59 Å². The molecule has 4 amide bonds. The Balaban J connectivity index is 2.81. The summed E-state index contributed by atoms with van der Waals surface area (Å²) in [5.74, 6) is -0.621. The van der Waals surface area contributed by atoms with Crippen LogP contribution in [0.4, 0.5) is 4.79 Å². The molecule has 1 aliphatic heterocycles. The van der Waals surface area contributed by atoms with Gasteiger partial charge in [0.2, 0.25) is 5.91 Å². The number of nitrogens with two attached hydrogens (primary N) is 1. The third-order valence-electron chi connectivity index (χ3n) is 4.14. The molecule has 0 bridgehead atoms. The molecule has 1 atom stereocenters. The summed E-state index contributed by atoms with van der Waals surface area (Å²) in [5, 5.41) is 2.70. The van der Waals surface area contributed by atoms with Crippen LogP contribution in [0, 0.1) is 0 Å². The van der Waals surface area contributed by atoms with Crippen LogP contribution in [0.25, 0.3) is 0 Å². The van der Waals surface area contributed by atoms with Crippen LogP contribution in [-0.4, -0.2) is 59.4 Å². The number of carbonyl (C=O) groups excluding carboxylic acids is 3. The molecule has 7 nitrogen and oxygen atoms in total. The molecule has 1 saturated heterocycles. The molecule has 7 heteroatoms. The Morgan fingerprint density at radius 2 is 1.95 bits per heavy atom. The van der Waals surface area contributed by atoms with E-state index < -0.39 is 11.6 Å². The molecule has 1 heterocycles. The summed E-state index contributed by atoms with van der Waals surface area (Å²) in [6.45, 7) is 5.58. The number of urea groups is 1. The number of carbonyl (C=O) groups is 3. The van der Waals surface area contributed by atoms with Crippen LogP contribution >= 0.6 is 0 Å². The van der Waals surface area contributed by atoms with Gasteiger partial charge in [0, 0.05) is 19.6 Å². The van der Waals surface area contributed by atoms with Crippen LogP contribution in [0.2, 0.25) is 0 Å². The summed E-state index contributed by atoms with van der Waals surface area (Å²) < 4.78 is 0. The lowest BCUT2D eigenvalue weighted by molar-refractivity contribution is -0.139. The Hall–Kier alpha value is -1.63. The van der Waals surface area contributed by atoms with Crippen LogP contribution in [0.15, 0.2) is 0 Å². The smallest absolute Gasteiger partial charge is 0.325 e. The van der Waals surface area contributed by atoms with Gasteiger partial charge in [-0.1, -0.05) is 13.8 Å². The SMILES string of the molecule is CCC1(CC)NC(=O)N(CC(=O)N(C)C(C)CN)C1=O. The summed E-state index contributed by atoms with van der Waals surface area (Å²) in [7, 11) is 1.62. The maximum Gasteiger partial charge on any atom is 0.325 e. The van der Waals surface area contributed by atoms with E-state index in [9.17, 15) is 14.4 Å². The van der Waals surface area contributed by atoms with Crippen molar-refractivity contribution in [3.05, 3.63) is 0 Å². The Bertz CT molecular complexity index is 406. The first-order chi connectivity index (χ1) is 9.32. The molecule has 0 spiro atoms. The number of nitrogens with one attached hydrogen (secondary N) is 1. The zero-order valence-corrected chi connectivity index (χ0v) is 12.6. The summed E-state index contributed by atoms with van der Waals surface area (Å²) in [4.78, 5) is 38.8. The Morgan fingerprint density at radius 1 is 1.40 bits per heavy atom. The number of amides is 4. The van der Waals surface area contributed by atoms with Gasteiger partial charge in [0.15, 0.2) is 0 Å². The number of imide groups is 1. The van der Waals surface area contributed by atoms with E-state index in [4.69, 9.17) is 5.73 Å². The highest BCUT2D eigenvalue weighted by molar-refractivity contribution is 6.08. The molecule has 0 aromatic carbocycles. The van der Waals surface area contributed by atoms with E-state index in [1.807, 2.05) is 20.8 Å². The van der Waals surface area contributed by atoms with Gasteiger partial charge in [-0.2, -0.15) is 0 Å². The fraction of sp³-hybridized carbons (Fsp3) is 0.769. The molecular formula is C13H24N4O3. The van der Waals surface area contributed by atoms with Crippen molar-refractivity contribution in [1.29, 1.82) is 0 Å². The van der Waals surface area contributed by atoms with E-state index in [0.717, 1.165) is 4.90 Å². The van der Waals surface area contributed by atoms with Crippen LogP contribution < -0.4 is 11.1 Å². The molecule has 0 saturated carbocycles. The molecule has 0 aliphatic carbocycles. The molecular weight excluding hydrogens is 260 g/mol. The van der Waals surface area contributed by atoms with E-state index in [0.29, 0.717) is 19.4 Å². The van der Waals surface area contributed by atoms with E-state index >= 15 is 0 Å². The minimum atomic E-state index is -0.866. The Kier molecular flexibility index (Phi) is 5.10. The molecule has 1 rings (SSSR count). The number of likely N-dealkylation sites (N-methyl/N-ethyl adjacent to an activating group) is 1. The molecule has 3 N–H and O–H groups in total. The third-order valence-corrected chi connectivity index (χ3v) is 4.14. The van der Waals surface area contributed by atoms with Gasteiger partial charge >= 0.3 is 6.03 Å². The first kappa shape index (κ1) is 16.4. The Labute approximate surface area is 119 Å².